The van der Waals surface area contributed by atoms with Crippen molar-refractivity contribution in [2.75, 3.05) is 7.11 Å². The van der Waals surface area contributed by atoms with Gasteiger partial charge in [0.15, 0.2) is 5.69 Å². The third kappa shape index (κ3) is 2.64. The van der Waals surface area contributed by atoms with E-state index in [0.717, 1.165) is 44.2 Å². The molecule has 3 aromatic heterocycles. The Morgan fingerprint density at radius 1 is 1.10 bits per heavy atom. The van der Waals surface area contributed by atoms with Crippen LogP contribution in [-0.4, -0.2) is 26.6 Å². The number of nitrogens with one attached hydrogen (secondary N) is 1. The fourth-order valence-electron chi connectivity index (χ4n) is 3.79. The van der Waals surface area contributed by atoms with Crippen molar-refractivity contribution in [2.24, 2.45) is 0 Å². The first-order chi connectivity index (χ1) is 14.2. The van der Waals surface area contributed by atoms with E-state index in [1.807, 2.05) is 66.3 Å². The first kappa shape index (κ1) is 17.0. The third-order valence-corrected chi connectivity index (χ3v) is 5.12. The number of ether oxygens (including phenoxy) is 1. The molecule has 3 heterocycles. The highest BCUT2D eigenvalue weighted by Gasteiger charge is 2.19. The highest BCUT2D eigenvalue weighted by molar-refractivity contribution is 6.08. The Balaban J connectivity index is 1.94. The van der Waals surface area contributed by atoms with Crippen molar-refractivity contribution in [3.8, 4) is 28.8 Å². The number of imidazole rings is 1. The molecule has 0 spiro atoms. The summed E-state index contributed by atoms with van der Waals surface area (Å²) in [7, 11) is 1.64. The van der Waals surface area contributed by atoms with Crippen molar-refractivity contribution >= 4 is 21.7 Å². The molecule has 0 aliphatic carbocycles. The maximum Gasteiger partial charge on any atom is 0.151 e. The first-order valence-electron chi connectivity index (χ1n) is 9.19. The monoisotopic (exact) mass is 379 g/mol. The van der Waals surface area contributed by atoms with Crippen molar-refractivity contribution in [1.82, 2.24) is 19.5 Å². The molecule has 0 bridgehead atoms. The third-order valence-electron chi connectivity index (χ3n) is 5.12. The number of aryl methyl sites for hydroxylation is 1. The zero-order valence-corrected chi connectivity index (χ0v) is 16.0. The number of aromatic amines is 1. The molecule has 6 nitrogen and oxygen atoms in total. The second-order valence-electron chi connectivity index (χ2n) is 6.85. The smallest absolute Gasteiger partial charge is 0.151 e. The fourth-order valence-corrected chi connectivity index (χ4v) is 3.79. The molecular formula is C23H17N5O. The zero-order valence-electron chi connectivity index (χ0n) is 16.0. The summed E-state index contributed by atoms with van der Waals surface area (Å²) in [4.78, 5) is 12.3. The molecule has 0 saturated heterocycles. The Labute approximate surface area is 167 Å². The Kier molecular flexibility index (Phi) is 3.81. The number of nitrogens with zero attached hydrogens (tertiary/aromatic N) is 4. The SMILES string of the molecule is COc1ccc2c(-n3cnc(C)c3)nc(C#N)c(-c3cccc4[nH]ccc34)c2c1. The van der Waals surface area contributed by atoms with Gasteiger partial charge in [-0.05, 0) is 48.2 Å². The quantitative estimate of drug-likeness (QED) is 0.490. The van der Waals surface area contributed by atoms with Crippen LogP contribution in [-0.2, 0) is 0 Å². The van der Waals surface area contributed by atoms with Crippen molar-refractivity contribution in [2.45, 2.75) is 6.92 Å². The van der Waals surface area contributed by atoms with Crippen LogP contribution in [0.4, 0.5) is 0 Å². The van der Waals surface area contributed by atoms with Gasteiger partial charge in [-0.2, -0.15) is 5.26 Å². The number of fused-ring (bicyclic) bond motifs is 2. The predicted octanol–water partition coefficient (Wildman–Crippen LogP) is 4.76. The van der Waals surface area contributed by atoms with E-state index in [1.54, 1.807) is 13.4 Å². The second kappa shape index (κ2) is 6.50. The van der Waals surface area contributed by atoms with Gasteiger partial charge in [0.2, 0.25) is 0 Å². The minimum Gasteiger partial charge on any atom is -0.497 e. The average Bonchev–Trinajstić information content (AvgIpc) is 3.40. The number of pyridine rings is 1. The summed E-state index contributed by atoms with van der Waals surface area (Å²) in [6, 6.07) is 16.2. The summed E-state index contributed by atoms with van der Waals surface area (Å²) in [5, 5.41) is 12.9. The van der Waals surface area contributed by atoms with Gasteiger partial charge in [0, 0.05) is 34.2 Å². The molecule has 0 amide bonds. The number of benzene rings is 2. The normalized spacial score (nSPS) is 11.1. The van der Waals surface area contributed by atoms with Gasteiger partial charge in [-0.1, -0.05) is 12.1 Å². The molecule has 0 radical (unpaired) electrons. The molecule has 0 unspecified atom stereocenters. The molecule has 0 fully saturated rings. The van der Waals surface area contributed by atoms with Gasteiger partial charge in [0.05, 0.1) is 12.8 Å². The number of hydrogen-bond acceptors (Lipinski definition) is 4. The molecule has 29 heavy (non-hydrogen) atoms. The van der Waals surface area contributed by atoms with Crippen molar-refractivity contribution in [1.29, 1.82) is 5.26 Å². The van der Waals surface area contributed by atoms with E-state index in [-0.39, 0.29) is 0 Å². The fraction of sp³-hybridized carbons (Fsp3) is 0.0870. The lowest BCUT2D eigenvalue weighted by Crippen LogP contribution is -2.02. The van der Waals surface area contributed by atoms with Gasteiger partial charge >= 0.3 is 0 Å². The molecule has 0 saturated carbocycles. The number of methoxy groups -OCH3 is 1. The van der Waals surface area contributed by atoms with Crippen LogP contribution in [0, 0.1) is 18.3 Å². The van der Waals surface area contributed by atoms with Gasteiger partial charge in [-0.3, -0.25) is 4.57 Å². The maximum absolute atomic E-state index is 9.99. The van der Waals surface area contributed by atoms with E-state index in [1.165, 1.54) is 0 Å². The lowest BCUT2D eigenvalue weighted by molar-refractivity contribution is 0.415. The second-order valence-corrected chi connectivity index (χ2v) is 6.85. The summed E-state index contributed by atoms with van der Waals surface area (Å²) in [6.45, 7) is 1.92. The van der Waals surface area contributed by atoms with E-state index in [2.05, 4.69) is 16.0 Å². The van der Waals surface area contributed by atoms with Gasteiger partial charge in [-0.25, -0.2) is 9.97 Å². The number of H-pyrrole nitrogens is 1. The minimum atomic E-state index is 0.362. The van der Waals surface area contributed by atoms with Crippen LogP contribution in [0.15, 0.2) is 61.2 Å². The van der Waals surface area contributed by atoms with Gasteiger partial charge in [0.25, 0.3) is 0 Å². The van der Waals surface area contributed by atoms with E-state index in [4.69, 9.17) is 9.72 Å². The van der Waals surface area contributed by atoms with Gasteiger partial charge in [-0.15, -0.1) is 0 Å². The molecule has 0 aliphatic heterocycles. The summed E-state index contributed by atoms with van der Waals surface area (Å²) >= 11 is 0. The number of aromatic nitrogens is 4. The molecule has 2 aromatic carbocycles. The standard InChI is InChI=1S/C23H17N5O/c1-14-12-28(13-26-14)23-18-7-6-15(29-2)10-19(18)22(21(11-24)27-23)17-4-3-5-20-16(17)8-9-25-20/h3-10,12-13,25H,1-2H3. The molecule has 6 heteroatoms. The van der Waals surface area contributed by atoms with Crippen molar-refractivity contribution < 1.29 is 4.74 Å². The Bertz CT molecular complexity index is 1420. The van der Waals surface area contributed by atoms with Crippen molar-refractivity contribution in [3.05, 3.63) is 72.6 Å². The number of hydrogen-bond donors (Lipinski definition) is 1. The number of rotatable bonds is 3. The molecule has 140 valence electrons. The molecule has 5 rings (SSSR count). The first-order valence-corrected chi connectivity index (χ1v) is 9.19. The van der Waals surface area contributed by atoms with E-state index in [0.29, 0.717) is 11.5 Å². The van der Waals surface area contributed by atoms with E-state index in [9.17, 15) is 5.26 Å². The van der Waals surface area contributed by atoms with Gasteiger partial charge in [0.1, 0.15) is 24.0 Å². The van der Waals surface area contributed by atoms with Crippen LogP contribution < -0.4 is 4.74 Å². The highest BCUT2D eigenvalue weighted by Crippen LogP contribution is 2.38. The Morgan fingerprint density at radius 3 is 2.76 bits per heavy atom. The lowest BCUT2D eigenvalue weighted by atomic mass is 9.94. The largest absolute Gasteiger partial charge is 0.497 e. The predicted molar refractivity (Wildman–Crippen MR) is 112 cm³/mol. The molecule has 0 aliphatic rings. The van der Waals surface area contributed by atoms with E-state index >= 15 is 0 Å². The molecule has 5 aromatic rings. The summed E-state index contributed by atoms with van der Waals surface area (Å²) < 4.78 is 7.33. The highest BCUT2D eigenvalue weighted by atomic mass is 16.5. The topological polar surface area (TPSA) is 79.5 Å². The van der Waals surface area contributed by atoms with Crippen LogP contribution >= 0.6 is 0 Å². The van der Waals surface area contributed by atoms with Crippen LogP contribution in [0.3, 0.4) is 0 Å². The van der Waals surface area contributed by atoms with Crippen LogP contribution in [0.25, 0.3) is 38.6 Å². The number of nitriles is 1. The summed E-state index contributed by atoms with van der Waals surface area (Å²) in [6.07, 6.45) is 5.52. The molecule has 1 N–H and O–H groups in total. The Hall–Kier alpha value is -4.11. The summed E-state index contributed by atoms with van der Waals surface area (Å²) in [5.74, 6) is 1.40. The van der Waals surface area contributed by atoms with Gasteiger partial charge < -0.3 is 9.72 Å². The van der Waals surface area contributed by atoms with Crippen LogP contribution in [0.5, 0.6) is 5.75 Å². The lowest BCUT2D eigenvalue weighted by Gasteiger charge is -2.15. The average molecular weight is 379 g/mol. The molecule has 0 atom stereocenters. The minimum absolute atomic E-state index is 0.362. The Morgan fingerprint density at radius 2 is 2.00 bits per heavy atom. The molecular weight excluding hydrogens is 362 g/mol. The van der Waals surface area contributed by atoms with Crippen LogP contribution in [0.2, 0.25) is 0 Å². The summed E-state index contributed by atoms with van der Waals surface area (Å²) in [5.41, 5.74) is 4.01. The zero-order chi connectivity index (χ0) is 20.0. The van der Waals surface area contributed by atoms with Crippen LogP contribution in [0.1, 0.15) is 11.4 Å². The maximum atomic E-state index is 9.99. The van der Waals surface area contributed by atoms with Crippen molar-refractivity contribution in [3.63, 3.8) is 0 Å². The van der Waals surface area contributed by atoms with E-state index < -0.39 is 0 Å².